The molecule has 0 saturated carbocycles. The van der Waals surface area contributed by atoms with Crippen LogP contribution in [0.5, 0.6) is 0 Å². The summed E-state index contributed by atoms with van der Waals surface area (Å²) < 4.78 is 6.71. The number of hydrogen-bond donors (Lipinski definition) is 0. The van der Waals surface area contributed by atoms with Gasteiger partial charge in [-0.15, -0.1) is 0 Å². The fraction of sp³-hybridized carbons (Fsp3) is 0. The Labute approximate surface area is 360 Å². The fourth-order valence-electron chi connectivity index (χ4n) is 9.59. The minimum atomic E-state index is 0.863. The van der Waals surface area contributed by atoms with E-state index in [4.69, 9.17) is 4.42 Å². The highest BCUT2D eigenvalue weighted by atomic mass is 16.3. The third-order valence-corrected chi connectivity index (χ3v) is 12.4. The molecule has 2 heteroatoms. The molecule has 0 aliphatic heterocycles. The maximum atomic E-state index is 6.71. The molecule has 1 heterocycles. The maximum absolute atomic E-state index is 6.71. The minimum absolute atomic E-state index is 0.863. The van der Waals surface area contributed by atoms with Gasteiger partial charge in [-0.1, -0.05) is 188 Å². The predicted molar refractivity (Wildman–Crippen MR) is 263 cm³/mol. The summed E-state index contributed by atoms with van der Waals surface area (Å²) in [5.74, 6) is 0. The van der Waals surface area contributed by atoms with Crippen LogP contribution in [-0.2, 0) is 0 Å². The zero-order valence-electron chi connectivity index (χ0n) is 33.9. The summed E-state index contributed by atoms with van der Waals surface area (Å²) >= 11 is 0. The van der Waals surface area contributed by atoms with Crippen LogP contribution in [0.3, 0.4) is 0 Å². The van der Waals surface area contributed by atoms with E-state index in [-0.39, 0.29) is 0 Å². The Balaban J connectivity index is 1.05. The Morgan fingerprint density at radius 1 is 0.290 bits per heavy atom. The van der Waals surface area contributed by atoms with Crippen molar-refractivity contribution in [2.45, 2.75) is 0 Å². The van der Waals surface area contributed by atoms with Gasteiger partial charge in [0.2, 0.25) is 0 Å². The fourth-order valence-corrected chi connectivity index (χ4v) is 9.59. The quantitative estimate of drug-likeness (QED) is 0.150. The Hall–Kier alpha value is -8.20. The van der Waals surface area contributed by atoms with Crippen molar-refractivity contribution in [2.75, 3.05) is 4.90 Å². The van der Waals surface area contributed by atoms with Crippen LogP contribution in [0.1, 0.15) is 0 Å². The molecular formula is C60H39NO. The van der Waals surface area contributed by atoms with Crippen molar-refractivity contribution >= 4 is 71.3 Å². The van der Waals surface area contributed by atoms with Gasteiger partial charge in [0.15, 0.2) is 0 Å². The van der Waals surface area contributed by atoms with Crippen molar-refractivity contribution in [1.82, 2.24) is 0 Å². The molecule has 12 aromatic rings. The van der Waals surface area contributed by atoms with Crippen molar-refractivity contribution in [3.05, 3.63) is 237 Å². The molecule has 0 unspecified atom stereocenters. The van der Waals surface area contributed by atoms with E-state index in [1.54, 1.807) is 0 Å². The van der Waals surface area contributed by atoms with Crippen LogP contribution >= 0.6 is 0 Å². The lowest BCUT2D eigenvalue weighted by Crippen LogP contribution is -2.10. The molecule has 0 saturated heterocycles. The van der Waals surface area contributed by atoms with Crippen molar-refractivity contribution < 1.29 is 4.42 Å². The second-order valence-corrected chi connectivity index (χ2v) is 16.0. The summed E-state index contributed by atoms with van der Waals surface area (Å²) in [6, 6.07) is 85.4. The lowest BCUT2D eigenvalue weighted by Gasteiger charge is -2.27. The van der Waals surface area contributed by atoms with Crippen LogP contribution in [0.2, 0.25) is 0 Å². The normalized spacial score (nSPS) is 11.5. The number of fused-ring (bicyclic) bond motifs is 8. The van der Waals surface area contributed by atoms with E-state index < -0.39 is 0 Å². The van der Waals surface area contributed by atoms with Crippen molar-refractivity contribution in [1.29, 1.82) is 0 Å². The minimum Gasteiger partial charge on any atom is -0.455 e. The van der Waals surface area contributed by atoms with Crippen LogP contribution in [-0.4, -0.2) is 0 Å². The highest BCUT2D eigenvalue weighted by Gasteiger charge is 2.22. The van der Waals surface area contributed by atoms with Crippen LogP contribution in [0, 0.1) is 0 Å². The van der Waals surface area contributed by atoms with Crippen LogP contribution < -0.4 is 4.90 Å². The van der Waals surface area contributed by atoms with Gasteiger partial charge in [0.05, 0.1) is 11.1 Å². The molecule has 0 radical (unpaired) electrons. The van der Waals surface area contributed by atoms with Crippen LogP contribution in [0.15, 0.2) is 241 Å². The molecule has 0 bridgehead atoms. The highest BCUT2D eigenvalue weighted by molar-refractivity contribution is 6.22. The number of rotatable bonds is 7. The second-order valence-electron chi connectivity index (χ2n) is 16.0. The predicted octanol–water partition coefficient (Wildman–Crippen LogP) is 17.2. The highest BCUT2D eigenvalue weighted by Crippen LogP contribution is 2.47. The average molecular weight is 790 g/mol. The molecule has 0 spiro atoms. The topological polar surface area (TPSA) is 16.4 Å². The van der Waals surface area contributed by atoms with Crippen LogP contribution in [0.4, 0.5) is 17.1 Å². The van der Waals surface area contributed by atoms with Gasteiger partial charge < -0.3 is 9.32 Å². The number of hydrogen-bond acceptors (Lipinski definition) is 2. The van der Waals surface area contributed by atoms with E-state index in [9.17, 15) is 0 Å². The average Bonchev–Trinajstić information content (AvgIpc) is 3.75. The Bertz CT molecular complexity index is 3610. The molecular weight excluding hydrogens is 751 g/mol. The molecule has 0 aliphatic carbocycles. The van der Waals surface area contributed by atoms with Gasteiger partial charge in [-0.25, -0.2) is 0 Å². The summed E-state index contributed by atoms with van der Waals surface area (Å²) in [7, 11) is 0. The Morgan fingerprint density at radius 2 is 0.823 bits per heavy atom. The molecule has 11 aromatic carbocycles. The summed E-state index contributed by atoms with van der Waals surface area (Å²) in [6.07, 6.45) is 0. The largest absolute Gasteiger partial charge is 0.455 e. The van der Waals surface area contributed by atoms with Crippen molar-refractivity contribution in [2.24, 2.45) is 0 Å². The summed E-state index contributed by atoms with van der Waals surface area (Å²) in [5, 5.41) is 9.46. The van der Waals surface area contributed by atoms with Crippen LogP contribution in [0.25, 0.3) is 98.8 Å². The molecule has 0 aliphatic rings. The first-order valence-electron chi connectivity index (χ1n) is 21.3. The van der Waals surface area contributed by atoms with Gasteiger partial charge in [0.25, 0.3) is 0 Å². The smallest absolute Gasteiger partial charge is 0.143 e. The number of furan rings is 1. The van der Waals surface area contributed by atoms with Crippen molar-refractivity contribution in [3.63, 3.8) is 0 Å². The molecule has 0 atom stereocenters. The molecule has 62 heavy (non-hydrogen) atoms. The summed E-state index contributed by atoms with van der Waals surface area (Å²) in [6.45, 7) is 0. The van der Waals surface area contributed by atoms with E-state index in [0.717, 1.165) is 60.9 Å². The van der Waals surface area contributed by atoms with Gasteiger partial charge >= 0.3 is 0 Å². The van der Waals surface area contributed by atoms with E-state index in [1.807, 2.05) is 0 Å². The van der Waals surface area contributed by atoms with Gasteiger partial charge in [-0.3, -0.25) is 0 Å². The zero-order chi connectivity index (χ0) is 41.0. The third kappa shape index (κ3) is 5.96. The van der Waals surface area contributed by atoms with Gasteiger partial charge in [0, 0.05) is 22.1 Å². The Kier molecular flexibility index (Phi) is 8.53. The molecule has 0 amide bonds. The maximum Gasteiger partial charge on any atom is 0.143 e. The molecule has 12 rings (SSSR count). The first-order chi connectivity index (χ1) is 30.8. The zero-order valence-corrected chi connectivity index (χ0v) is 33.9. The van der Waals surface area contributed by atoms with Crippen molar-refractivity contribution in [3.8, 4) is 44.5 Å². The standard InChI is InChI=1S/C60H39NO/c1-4-16-40(17-5-1)45-23-14-24-48(38-45)61(55-28-15-29-56-59(55)53-37-32-42-18-10-11-25-49(42)60(53)62-56)47-34-30-41(31-35-47)46-33-36-51-50-26-12-13-27-52(50)57(43-19-6-2-7-20-43)58(54(51)39-46)44-21-8-3-9-22-44/h1-39H. The summed E-state index contributed by atoms with van der Waals surface area (Å²) in [5.41, 5.74) is 14.6. The number of benzene rings is 11. The van der Waals surface area contributed by atoms with E-state index in [1.165, 1.54) is 54.9 Å². The van der Waals surface area contributed by atoms with E-state index in [0.29, 0.717) is 0 Å². The second kappa shape index (κ2) is 14.8. The lowest BCUT2D eigenvalue weighted by molar-refractivity contribution is 0.672. The number of anilines is 3. The van der Waals surface area contributed by atoms with Gasteiger partial charge in [-0.05, 0) is 120 Å². The van der Waals surface area contributed by atoms with Gasteiger partial charge in [-0.2, -0.15) is 0 Å². The van der Waals surface area contributed by atoms with E-state index in [2.05, 4.69) is 241 Å². The number of nitrogens with zero attached hydrogens (tertiary/aromatic N) is 1. The first-order valence-corrected chi connectivity index (χ1v) is 21.3. The SMILES string of the molecule is c1ccc(-c2cccc(N(c3ccc(-c4ccc5c(c4)c(-c4ccccc4)c(-c4ccccc4)c4ccccc45)cc3)c3cccc4oc5c6ccccc6ccc5c34)c2)cc1. The molecule has 0 N–H and O–H groups in total. The molecule has 1 aromatic heterocycles. The monoisotopic (exact) mass is 789 g/mol. The summed E-state index contributed by atoms with van der Waals surface area (Å²) in [4.78, 5) is 2.38. The van der Waals surface area contributed by atoms with E-state index >= 15 is 0 Å². The lowest BCUT2D eigenvalue weighted by atomic mass is 9.84. The third-order valence-electron chi connectivity index (χ3n) is 12.4. The Morgan fingerprint density at radius 3 is 1.56 bits per heavy atom. The first kappa shape index (κ1) is 35.7. The molecule has 2 nitrogen and oxygen atoms in total. The molecule has 290 valence electrons. The van der Waals surface area contributed by atoms with Gasteiger partial charge in [0.1, 0.15) is 11.2 Å². The molecule has 0 fully saturated rings.